The van der Waals surface area contributed by atoms with E-state index < -0.39 is 11.9 Å². The highest BCUT2D eigenvalue weighted by atomic mass is 17.1. The van der Waals surface area contributed by atoms with Crippen LogP contribution in [0.15, 0.2) is 0 Å². The van der Waals surface area contributed by atoms with Gasteiger partial charge in [-0.25, -0.2) is 9.59 Å². The minimum atomic E-state index is -0.549. The van der Waals surface area contributed by atoms with Crippen molar-refractivity contribution < 1.29 is 29.9 Å². The monoisotopic (exact) mass is 250 g/mol. The maximum atomic E-state index is 10.2. The fraction of sp³-hybridized carbons (Fsp3) is 0.818. The summed E-state index contributed by atoms with van der Waals surface area (Å²) >= 11 is 0. The molecule has 17 heavy (non-hydrogen) atoms. The van der Waals surface area contributed by atoms with Crippen molar-refractivity contribution in [2.45, 2.75) is 58.8 Å². The molecule has 0 heterocycles. The Hall–Kier alpha value is -1.14. The fourth-order valence-electron chi connectivity index (χ4n) is 0.932. The molecule has 0 saturated heterocycles. The van der Waals surface area contributed by atoms with Gasteiger partial charge >= 0.3 is 11.9 Å². The van der Waals surface area contributed by atoms with Crippen molar-refractivity contribution in [3.8, 4) is 0 Å². The van der Waals surface area contributed by atoms with Crippen LogP contribution < -0.4 is 0 Å². The van der Waals surface area contributed by atoms with Gasteiger partial charge in [0.15, 0.2) is 0 Å². The molecule has 0 aromatic carbocycles. The zero-order chi connectivity index (χ0) is 13.5. The van der Waals surface area contributed by atoms with E-state index in [1.807, 2.05) is 13.8 Å². The molecule has 0 amide bonds. The Labute approximate surface area is 101 Å². The quantitative estimate of drug-likeness (QED) is 0.410. The first-order valence-electron chi connectivity index (χ1n) is 5.80. The van der Waals surface area contributed by atoms with Gasteiger partial charge in [0.1, 0.15) is 0 Å². The summed E-state index contributed by atoms with van der Waals surface area (Å²) in [4.78, 5) is 27.2. The second-order valence-corrected chi connectivity index (χ2v) is 3.49. The molecule has 0 atom stereocenters. The second-order valence-electron chi connectivity index (χ2n) is 3.49. The molecule has 0 fully saturated rings. The Morgan fingerprint density at radius 1 is 0.824 bits per heavy atom. The minimum absolute atomic E-state index is 0.312. The molecule has 2 N–H and O–H groups in total. The summed E-state index contributed by atoms with van der Waals surface area (Å²) in [5.41, 5.74) is 0. The Bertz CT molecular complexity index is 192. The first kappa shape index (κ1) is 18.2. The SMILES string of the molecule is CCCCC(=O)OO.CCCCCC(=O)OO. The Balaban J connectivity index is 0. The van der Waals surface area contributed by atoms with E-state index >= 15 is 0 Å². The second kappa shape index (κ2) is 14.9. The number of carbonyl (C=O) groups is 2. The van der Waals surface area contributed by atoms with Crippen LogP contribution in [0.3, 0.4) is 0 Å². The van der Waals surface area contributed by atoms with Crippen LogP contribution in [0.1, 0.15) is 58.8 Å². The molecule has 0 rings (SSSR count). The summed E-state index contributed by atoms with van der Waals surface area (Å²) in [5.74, 6) is -1.09. The summed E-state index contributed by atoms with van der Waals surface area (Å²) in [7, 11) is 0. The molecular weight excluding hydrogens is 228 g/mol. The predicted octanol–water partition coefficient (Wildman–Crippen LogP) is 2.78. The molecule has 0 aromatic rings. The van der Waals surface area contributed by atoms with Gasteiger partial charge in [-0.05, 0) is 12.8 Å². The van der Waals surface area contributed by atoms with Crippen LogP contribution in [0.4, 0.5) is 0 Å². The molecule has 0 aliphatic carbocycles. The number of hydrogen-bond donors (Lipinski definition) is 2. The van der Waals surface area contributed by atoms with Crippen molar-refractivity contribution in [1.82, 2.24) is 0 Å². The highest BCUT2D eigenvalue weighted by Crippen LogP contribution is 1.98. The fourth-order valence-corrected chi connectivity index (χ4v) is 0.932. The summed E-state index contributed by atoms with van der Waals surface area (Å²) in [6, 6.07) is 0. The molecular formula is C11H22O6. The van der Waals surface area contributed by atoms with E-state index in [2.05, 4.69) is 9.78 Å². The van der Waals surface area contributed by atoms with E-state index in [1.165, 1.54) is 0 Å². The van der Waals surface area contributed by atoms with Gasteiger partial charge in [0, 0.05) is 12.8 Å². The van der Waals surface area contributed by atoms with Gasteiger partial charge in [-0.15, -0.1) is 0 Å². The van der Waals surface area contributed by atoms with Crippen molar-refractivity contribution in [3.05, 3.63) is 0 Å². The van der Waals surface area contributed by atoms with E-state index in [1.54, 1.807) is 0 Å². The van der Waals surface area contributed by atoms with E-state index in [4.69, 9.17) is 10.5 Å². The first-order chi connectivity index (χ1) is 8.12. The zero-order valence-electron chi connectivity index (χ0n) is 10.5. The smallest absolute Gasteiger partial charge is 0.301 e. The lowest BCUT2D eigenvalue weighted by molar-refractivity contribution is -0.234. The minimum Gasteiger partial charge on any atom is -0.301 e. The van der Waals surface area contributed by atoms with Gasteiger partial charge in [-0.1, -0.05) is 33.1 Å². The highest BCUT2D eigenvalue weighted by Gasteiger charge is 1.99. The maximum absolute atomic E-state index is 10.2. The lowest BCUT2D eigenvalue weighted by Gasteiger charge is -1.93. The van der Waals surface area contributed by atoms with Crippen molar-refractivity contribution in [1.29, 1.82) is 0 Å². The third kappa shape index (κ3) is 17.5. The normalized spacial score (nSPS) is 8.94. The average Bonchev–Trinajstić information content (AvgIpc) is 2.36. The molecule has 0 saturated carbocycles. The van der Waals surface area contributed by atoms with Crippen LogP contribution in [-0.4, -0.2) is 22.5 Å². The molecule has 0 spiro atoms. The van der Waals surface area contributed by atoms with Crippen LogP contribution in [-0.2, 0) is 19.4 Å². The van der Waals surface area contributed by atoms with E-state index in [9.17, 15) is 9.59 Å². The summed E-state index contributed by atoms with van der Waals surface area (Å²) in [6.45, 7) is 4.01. The molecule has 0 aromatic heterocycles. The van der Waals surface area contributed by atoms with Gasteiger partial charge in [0.05, 0.1) is 0 Å². The summed E-state index contributed by atoms with van der Waals surface area (Å²) < 4.78 is 0. The Morgan fingerprint density at radius 2 is 1.24 bits per heavy atom. The molecule has 0 bridgehead atoms. The van der Waals surface area contributed by atoms with Crippen LogP contribution in [0.5, 0.6) is 0 Å². The molecule has 0 unspecified atom stereocenters. The molecule has 6 nitrogen and oxygen atoms in total. The van der Waals surface area contributed by atoms with E-state index in [-0.39, 0.29) is 0 Å². The molecule has 102 valence electrons. The number of unbranched alkanes of at least 4 members (excludes halogenated alkanes) is 3. The van der Waals surface area contributed by atoms with Crippen molar-refractivity contribution in [2.75, 3.05) is 0 Å². The molecule has 6 heteroatoms. The zero-order valence-corrected chi connectivity index (χ0v) is 10.5. The van der Waals surface area contributed by atoms with Crippen molar-refractivity contribution in [2.24, 2.45) is 0 Å². The van der Waals surface area contributed by atoms with Gasteiger partial charge in [-0.2, -0.15) is 10.5 Å². The highest BCUT2D eigenvalue weighted by molar-refractivity contribution is 5.68. The van der Waals surface area contributed by atoms with Crippen LogP contribution in [0.25, 0.3) is 0 Å². The van der Waals surface area contributed by atoms with E-state index in [0.717, 1.165) is 32.1 Å². The lowest BCUT2D eigenvalue weighted by Crippen LogP contribution is -1.99. The van der Waals surface area contributed by atoms with Crippen molar-refractivity contribution >= 4 is 11.9 Å². The summed E-state index contributed by atoms with van der Waals surface area (Å²) in [5, 5.41) is 15.5. The number of rotatable bonds is 7. The van der Waals surface area contributed by atoms with Crippen LogP contribution in [0, 0.1) is 0 Å². The van der Waals surface area contributed by atoms with E-state index in [0.29, 0.717) is 12.8 Å². The standard InChI is InChI=1S/C6H12O3.C5H10O3/c1-2-3-4-5-6(7)9-8;1-2-3-4-5(6)8-7/h8H,2-5H2,1H3;7H,2-4H2,1H3. The third-order valence-corrected chi connectivity index (χ3v) is 1.92. The lowest BCUT2D eigenvalue weighted by atomic mass is 10.2. The largest absolute Gasteiger partial charge is 0.342 e. The van der Waals surface area contributed by atoms with Gasteiger partial charge in [-0.3, -0.25) is 0 Å². The third-order valence-electron chi connectivity index (χ3n) is 1.92. The Morgan fingerprint density at radius 3 is 1.59 bits per heavy atom. The molecule has 0 aliphatic rings. The number of hydrogen-bond acceptors (Lipinski definition) is 6. The maximum Gasteiger partial charge on any atom is 0.342 e. The van der Waals surface area contributed by atoms with Gasteiger partial charge < -0.3 is 9.78 Å². The van der Waals surface area contributed by atoms with Crippen molar-refractivity contribution in [3.63, 3.8) is 0 Å². The average molecular weight is 250 g/mol. The molecule has 0 aliphatic heterocycles. The van der Waals surface area contributed by atoms with Crippen LogP contribution in [0.2, 0.25) is 0 Å². The predicted molar refractivity (Wildman–Crippen MR) is 61.1 cm³/mol. The van der Waals surface area contributed by atoms with Gasteiger partial charge in [0.2, 0.25) is 0 Å². The summed E-state index contributed by atoms with van der Waals surface area (Å²) in [6.07, 6.45) is 5.23. The molecule has 0 radical (unpaired) electrons. The topological polar surface area (TPSA) is 93.1 Å². The first-order valence-corrected chi connectivity index (χ1v) is 5.80. The van der Waals surface area contributed by atoms with Gasteiger partial charge in [0.25, 0.3) is 0 Å². The Kier molecular flexibility index (Phi) is 15.9. The number of carbonyl (C=O) groups excluding carboxylic acids is 2. The van der Waals surface area contributed by atoms with Crippen LogP contribution >= 0.6 is 0 Å².